The molecule has 2 N–H and O–H groups in total. The van der Waals surface area contributed by atoms with Crippen molar-refractivity contribution in [2.24, 2.45) is 0 Å². The van der Waals surface area contributed by atoms with Crippen LogP contribution >= 0.6 is 11.6 Å². The number of nitro groups is 1. The maximum atomic E-state index is 12.3. The third-order valence-corrected chi connectivity index (χ3v) is 5.13. The molecule has 2 rings (SSSR count). The summed E-state index contributed by atoms with van der Waals surface area (Å²) in [6.45, 7) is 3.02. The molecule has 0 saturated carbocycles. The summed E-state index contributed by atoms with van der Waals surface area (Å²) in [6.07, 6.45) is 0.655. The Morgan fingerprint density at radius 2 is 2.20 bits per heavy atom. The fourth-order valence-electron chi connectivity index (χ4n) is 2.09. The molecular formula is C11H14ClN3O4S. The van der Waals surface area contributed by atoms with Crippen molar-refractivity contribution in [3.8, 4) is 0 Å². The van der Waals surface area contributed by atoms with E-state index in [2.05, 4.69) is 10.0 Å². The minimum absolute atomic E-state index is 0.0947. The molecule has 1 unspecified atom stereocenters. The van der Waals surface area contributed by atoms with Gasteiger partial charge in [0.25, 0.3) is 5.69 Å². The quantitative estimate of drug-likeness (QED) is 0.643. The third-order valence-electron chi connectivity index (χ3n) is 3.17. The van der Waals surface area contributed by atoms with Gasteiger partial charge in [-0.25, -0.2) is 13.1 Å². The van der Waals surface area contributed by atoms with Gasteiger partial charge >= 0.3 is 0 Å². The molecule has 1 fully saturated rings. The van der Waals surface area contributed by atoms with E-state index in [1.165, 1.54) is 12.1 Å². The minimum atomic E-state index is -3.83. The first-order valence-electron chi connectivity index (χ1n) is 5.92. The lowest BCUT2D eigenvalue weighted by molar-refractivity contribution is -0.384. The molecule has 9 heteroatoms. The van der Waals surface area contributed by atoms with Gasteiger partial charge in [0.1, 0.15) is 5.02 Å². The SMILES string of the molecule is CC1(NS(=O)(=O)c2ccc(Cl)c([N+](=O)[O-])c2)CCNC1. The number of halogens is 1. The highest BCUT2D eigenvalue weighted by molar-refractivity contribution is 7.89. The van der Waals surface area contributed by atoms with Crippen LogP contribution < -0.4 is 10.0 Å². The summed E-state index contributed by atoms with van der Waals surface area (Å²) in [6, 6.07) is 3.43. The Labute approximate surface area is 121 Å². The molecule has 7 nitrogen and oxygen atoms in total. The third kappa shape index (κ3) is 3.09. The van der Waals surface area contributed by atoms with Gasteiger partial charge in [0, 0.05) is 18.2 Å². The van der Waals surface area contributed by atoms with Crippen LogP contribution in [0.2, 0.25) is 5.02 Å². The second kappa shape index (κ2) is 5.28. The van der Waals surface area contributed by atoms with Gasteiger partial charge in [-0.3, -0.25) is 10.1 Å². The van der Waals surface area contributed by atoms with Crippen molar-refractivity contribution < 1.29 is 13.3 Å². The zero-order valence-corrected chi connectivity index (χ0v) is 12.3. The van der Waals surface area contributed by atoms with Gasteiger partial charge in [0.05, 0.1) is 9.82 Å². The fraction of sp³-hybridized carbons (Fsp3) is 0.455. The van der Waals surface area contributed by atoms with E-state index in [1.54, 1.807) is 6.92 Å². The molecule has 0 aliphatic carbocycles. The van der Waals surface area contributed by atoms with Crippen molar-refractivity contribution in [1.29, 1.82) is 0 Å². The molecule has 1 saturated heterocycles. The predicted octanol–water partition coefficient (Wildman–Crippen LogP) is 1.28. The molecule has 1 aliphatic heterocycles. The van der Waals surface area contributed by atoms with Gasteiger partial charge in [-0.1, -0.05) is 11.6 Å². The zero-order chi connectivity index (χ0) is 15.0. The Kier molecular flexibility index (Phi) is 4.01. The number of hydrogen-bond donors (Lipinski definition) is 2. The Bertz CT molecular complexity index is 641. The van der Waals surface area contributed by atoms with Crippen LogP contribution in [-0.2, 0) is 10.0 Å². The molecule has 0 spiro atoms. The van der Waals surface area contributed by atoms with Gasteiger partial charge in [-0.05, 0) is 32.0 Å². The molecule has 0 amide bonds. The Morgan fingerprint density at radius 3 is 2.75 bits per heavy atom. The van der Waals surface area contributed by atoms with Gasteiger partial charge < -0.3 is 5.32 Å². The van der Waals surface area contributed by atoms with Crippen molar-refractivity contribution in [1.82, 2.24) is 10.0 Å². The van der Waals surface area contributed by atoms with E-state index in [0.717, 1.165) is 12.6 Å². The van der Waals surface area contributed by atoms with Gasteiger partial charge in [0.2, 0.25) is 10.0 Å². The summed E-state index contributed by atoms with van der Waals surface area (Å²) < 4.78 is 27.1. The average Bonchev–Trinajstić information content (AvgIpc) is 2.74. The first kappa shape index (κ1) is 15.2. The molecular weight excluding hydrogens is 306 g/mol. The molecule has 1 aromatic rings. The van der Waals surface area contributed by atoms with Gasteiger partial charge in [-0.15, -0.1) is 0 Å². The molecule has 1 aliphatic rings. The molecule has 0 bridgehead atoms. The van der Waals surface area contributed by atoms with E-state index < -0.39 is 26.2 Å². The van der Waals surface area contributed by atoms with Crippen LogP contribution in [0.5, 0.6) is 0 Å². The number of nitrogens with one attached hydrogen (secondary N) is 2. The van der Waals surface area contributed by atoms with Crippen LogP contribution in [0, 0.1) is 10.1 Å². The lowest BCUT2D eigenvalue weighted by Gasteiger charge is -2.24. The lowest BCUT2D eigenvalue weighted by atomic mass is 10.0. The topological polar surface area (TPSA) is 101 Å². The first-order valence-corrected chi connectivity index (χ1v) is 7.78. The largest absolute Gasteiger partial charge is 0.315 e. The molecule has 110 valence electrons. The summed E-state index contributed by atoms with van der Waals surface area (Å²) in [5, 5.41) is 13.8. The maximum Gasteiger partial charge on any atom is 0.289 e. The second-order valence-electron chi connectivity index (χ2n) is 4.96. The van der Waals surface area contributed by atoms with Crippen LogP contribution in [0.3, 0.4) is 0 Å². The van der Waals surface area contributed by atoms with Crippen molar-refractivity contribution in [3.63, 3.8) is 0 Å². The van der Waals surface area contributed by atoms with Crippen LogP contribution in [0.1, 0.15) is 13.3 Å². The van der Waals surface area contributed by atoms with Crippen LogP contribution in [0.25, 0.3) is 0 Å². The molecule has 0 aromatic heterocycles. The lowest BCUT2D eigenvalue weighted by Crippen LogP contribution is -2.47. The van der Waals surface area contributed by atoms with Crippen LogP contribution in [0.4, 0.5) is 5.69 Å². The number of nitro benzene ring substituents is 1. The van der Waals surface area contributed by atoms with Crippen LogP contribution in [-0.4, -0.2) is 32.0 Å². The van der Waals surface area contributed by atoms with Crippen molar-refractivity contribution in [2.45, 2.75) is 23.8 Å². The fourth-order valence-corrected chi connectivity index (χ4v) is 3.73. The number of hydrogen-bond acceptors (Lipinski definition) is 5. The smallest absolute Gasteiger partial charge is 0.289 e. The van der Waals surface area contributed by atoms with Crippen molar-refractivity contribution in [2.75, 3.05) is 13.1 Å². The van der Waals surface area contributed by atoms with E-state index in [-0.39, 0.29) is 9.92 Å². The Hall–Kier alpha value is -1.22. The van der Waals surface area contributed by atoms with Crippen LogP contribution in [0.15, 0.2) is 23.1 Å². The van der Waals surface area contributed by atoms with E-state index in [4.69, 9.17) is 11.6 Å². The van der Waals surface area contributed by atoms with Gasteiger partial charge in [-0.2, -0.15) is 0 Å². The number of rotatable bonds is 4. The Morgan fingerprint density at radius 1 is 1.50 bits per heavy atom. The predicted molar refractivity (Wildman–Crippen MR) is 74.3 cm³/mol. The van der Waals surface area contributed by atoms with Gasteiger partial charge in [0.15, 0.2) is 0 Å². The molecule has 1 aromatic carbocycles. The molecule has 20 heavy (non-hydrogen) atoms. The summed E-state index contributed by atoms with van der Waals surface area (Å²) in [4.78, 5) is 9.93. The highest BCUT2D eigenvalue weighted by Crippen LogP contribution is 2.28. The average molecular weight is 320 g/mol. The number of sulfonamides is 1. The number of nitrogens with zero attached hydrogens (tertiary/aromatic N) is 1. The van der Waals surface area contributed by atoms with E-state index in [1.807, 2.05) is 0 Å². The molecule has 1 atom stereocenters. The monoisotopic (exact) mass is 319 g/mol. The normalized spacial score (nSPS) is 22.9. The number of benzene rings is 1. The molecule has 0 radical (unpaired) electrons. The van der Waals surface area contributed by atoms with E-state index in [9.17, 15) is 18.5 Å². The highest BCUT2D eigenvalue weighted by Gasteiger charge is 2.34. The minimum Gasteiger partial charge on any atom is -0.315 e. The van der Waals surface area contributed by atoms with Crippen molar-refractivity contribution in [3.05, 3.63) is 33.3 Å². The Balaban J connectivity index is 2.34. The zero-order valence-electron chi connectivity index (χ0n) is 10.7. The molecule has 1 heterocycles. The van der Waals surface area contributed by atoms with Crippen molar-refractivity contribution >= 4 is 27.3 Å². The first-order chi connectivity index (χ1) is 9.23. The summed E-state index contributed by atoms with van der Waals surface area (Å²) in [5.41, 5.74) is -1.02. The summed E-state index contributed by atoms with van der Waals surface area (Å²) in [5.74, 6) is 0. The van der Waals surface area contributed by atoms with E-state index in [0.29, 0.717) is 13.0 Å². The second-order valence-corrected chi connectivity index (χ2v) is 7.05. The highest BCUT2D eigenvalue weighted by atomic mass is 35.5. The van der Waals surface area contributed by atoms with E-state index >= 15 is 0 Å². The standard InChI is InChI=1S/C11H14ClN3O4S/c1-11(4-5-13-7-11)14-20(18,19)8-2-3-9(12)10(6-8)15(16)17/h2-3,6,13-14H,4-5,7H2,1H3. The maximum absolute atomic E-state index is 12.3. The summed E-state index contributed by atoms with van der Waals surface area (Å²) >= 11 is 5.67. The summed E-state index contributed by atoms with van der Waals surface area (Å²) in [7, 11) is -3.83.